The fourth-order valence-electron chi connectivity index (χ4n) is 2.23. The zero-order valence-corrected chi connectivity index (χ0v) is 10.1. The number of benzene rings is 1. The first-order valence-corrected chi connectivity index (χ1v) is 5.88. The van der Waals surface area contributed by atoms with Crippen molar-refractivity contribution < 1.29 is 0 Å². The summed E-state index contributed by atoms with van der Waals surface area (Å²) in [6.45, 7) is 2.18. The van der Waals surface area contributed by atoms with Crippen molar-refractivity contribution in [2.75, 3.05) is 0 Å². The Kier molecular flexibility index (Phi) is 2.25. The average Bonchev–Trinajstić information content (AvgIpc) is 2.97. The zero-order valence-electron chi connectivity index (χ0n) is 10.1. The Morgan fingerprint density at radius 2 is 2.12 bits per heavy atom. The molecule has 0 amide bonds. The van der Waals surface area contributed by atoms with Crippen molar-refractivity contribution in [1.82, 2.24) is 14.3 Å². The van der Waals surface area contributed by atoms with Crippen LogP contribution < -0.4 is 0 Å². The summed E-state index contributed by atoms with van der Waals surface area (Å²) < 4.78 is 4.06. The third-order valence-corrected chi connectivity index (χ3v) is 3.23. The van der Waals surface area contributed by atoms with E-state index in [-0.39, 0.29) is 0 Å². The Bertz CT molecular complexity index is 647. The van der Waals surface area contributed by atoms with E-state index in [1.54, 1.807) is 6.20 Å². The lowest BCUT2D eigenvalue weighted by Gasteiger charge is -2.03. The fourth-order valence-corrected chi connectivity index (χ4v) is 2.23. The molecule has 0 fully saturated rings. The summed E-state index contributed by atoms with van der Waals surface area (Å²) in [7, 11) is 2.07. The highest BCUT2D eigenvalue weighted by atomic mass is 15.3. The minimum Gasteiger partial charge on any atom is -0.329 e. The second kappa shape index (κ2) is 3.77. The number of fused-ring (bicyclic) bond motifs is 1. The summed E-state index contributed by atoms with van der Waals surface area (Å²) >= 11 is 0. The molecule has 0 bridgehead atoms. The van der Waals surface area contributed by atoms with Crippen LogP contribution in [0.25, 0.3) is 16.7 Å². The molecule has 0 saturated carbocycles. The molecule has 0 aliphatic rings. The Labute approximate surface area is 100 Å². The van der Waals surface area contributed by atoms with Gasteiger partial charge in [0.2, 0.25) is 0 Å². The van der Waals surface area contributed by atoms with Crippen LogP contribution in [-0.4, -0.2) is 14.3 Å². The molecule has 3 rings (SSSR count). The minimum absolute atomic E-state index is 1.07. The van der Waals surface area contributed by atoms with Crippen molar-refractivity contribution >= 4 is 10.9 Å². The van der Waals surface area contributed by atoms with Crippen LogP contribution in [0.3, 0.4) is 0 Å². The largest absolute Gasteiger partial charge is 0.329 e. The minimum atomic E-state index is 1.07. The number of nitrogens with zero attached hydrogens (tertiary/aromatic N) is 3. The smallest absolute Gasteiger partial charge is 0.134 e. The van der Waals surface area contributed by atoms with Gasteiger partial charge >= 0.3 is 0 Å². The van der Waals surface area contributed by atoms with Crippen molar-refractivity contribution in [1.29, 1.82) is 0 Å². The predicted molar refractivity (Wildman–Crippen MR) is 69.4 cm³/mol. The molecule has 0 aliphatic heterocycles. The van der Waals surface area contributed by atoms with Crippen LogP contribution in [0.15, 0.2) is 42.7 Å². The molecular weight excluding hydrogens is 210 g/mol. The van der Waals surface area contributed by atoms with Crippen molar-refractivity contribution in [3.63, 3.8) is 0 Å². The predicted octanol–water partition coefficient (Wildman–Crippen LogP) is 2.93. The quantitative estimate of drug-likeness (QED) is 0.657. The van der Waals surface area contributed by atoms with Crippen molar-refractivity contribution in [2.24, 2.45) is 7.05 Å². The third-order valence-electron chi connectivity index (χ3n) is 3.23. The number of hydrogen-bond donors (Lipinski definition) is 0. The molecule has 1 aromatic carbocycles. The highest BCUT2D eigenvalue weighted by Crippen LogP contribution is 2.22. The lowest BCUT2D eigenvalue weighted by molar-refractivity contribution is 0.788. The van der Waals surface area contributed by atoms with E-state index in [1.165, 1.54) is 16.5 Å². The van der Waals surface area contributed by atoms with E-state index in [0.717, 1.165) is 12.2 Å². The molecule has 0 radical (unpaired) electrons. The number of rotatable bonds is 2. The molecule has 0 unspecified atom stereocenters. The highest BCUT2D eigenvalue weighted by Gasteiger charge is 2.07. The summed E-state index contributed by atoms with van der Waals surface area (Å²) in [6.07, 6.45) is 4.84. The van der Waals surface area contributed by atoms with Gasteiger partial charge in [0.25, 0.3) is 0 Å². The molecule has 0 spiro atoms. The van der Waals surface area contributed by atoms with Crippen molar-refractivity contribution in [2.45, 2.75) is 13.3 Å². The molecule has 0 aliphatic carbocycles. The van der Waals surface area contributed by atoms with E-state index in [2.05, 4.69) is 47.9 Å². The van der Waals surface area contributed by atoms with Gasteiger partial charge in [0.05, 0.1) is 0 Å². The van der Waals surface area contributed by atoms with Crippen LogP contribution in [0.5, 0.6) is 0 Å². The van der Waals surface area contributed by atoms with Gasteiger partial charge in [0, 0.05) is 30.3 Å². The fraction of sp³-hybridized carbons (Fsp3) is 0.214. The van der Waals surface area contributed by atoms with Gasteiger partial charge in [-0.05, 0) is 36.2 Å². The summed E-state index contributed by atoms with van der Waals surface area (Å²) in [6, 6.07) is 10.7. The summed E-state index contributed by atoms with van der Waals surface area (Å²) in [5, 5.41) is 5.56. The van der Waals surface area contributed by atoms with E-state index < -0.39 is 0 Å². The molecule has 0 N–H and O–H groups in total. The van der Waals surface area contributed by atoms with E-state index in [4.69, 9.17) is 0 Å². The van der Waals surface area contributed by atoms with Gasteiger partial charge in [-0.3, -0.25) is 0 Å². The van der Waals surface area contributed by atoms with Gasteiger partial charge < -0.3 is 4.57 Å². The normalized spacial score (nSPS) is 11.2. The first kappa shape index (κ1) is 10.1. The van der Waals surface area contributed by atoms with E-state index in [0.29, 0.717) is 0 Å². The Morgan fingerprint density at radius 3 is 2.82 bits per heavy atom. The SMILES string of the molecule is CCc1ccc2c(c1)cc(-n1cccn1)n2C. The van der Waals surface area contributed by atoms with Gasteiger partial charge in [0.1, 0.15) is 5.82 Å². The second-order valence-electron chi connectivity index (χ2n) is 4.26. The van der Waals surface area contributed by atoms with Gasteiger partial charge in [-0.15, -0.1) is 0 Å². The number of aryl methyl sites for hydroxylation is 2. The average molecular weight is 225 g/mol. The standard InChI is InChI=1S/C14H15N3/c1-3-11-5-6-13-12(9-11)10-14(16(13)2)17-8-4-7-15-17/h4-10H,3H2,1-2H3. The van der Waals surface area contributed by atoms with Crippen LogP contribution in [0.4, 0.5) is 0 Å². The van der Waals surface area contributed by atoms with Crippen LogP contribution in [0, 0.1) is 0 Å². The van der Waals surface area contributed by atoms with Crippen molar-refractivity contribution in [3.05, 3.63) is 48.3 Å². The first-order valence-electron chi connectivity index (χ1n) is 5.88. The van der Waals surface area contributed by atoms with Gasteiger partial charge in [-0.2, -0.15) is 5.10 Å². The maximum atomic E-state index is 4.28. The summed E-state index contributed by atoms with van der Waals surface area (Å²) in [5.41, 5.74) is 2.61. The second-order valence-corrected chi connectivity index (χ2v) is 4.26. The topological polar surface area (TPSA) is 22.8 Å². The van der Waals surface area contributed by atoms with Crippen LogP contribution in [0.1, 0.15) is 12.5 Å². The molecule has 86 valence electrons. The maximum absolute atomic E-state index is 4.28. The Morgan fingerprint density at radius 1 is 1.24 bits per heavy atom. The Hall–Kier alpha value is -2.03. The zero-order chi connectivity index (χ0) is 11.8. The van der Waals surface area contributed by atoms with Crippen LogP contribution >= 0.6 is 0 Å². The van der Waals surface area contributed by atoms with Gasteiger partial charge in [0.15, 0.2) is 0 Å². The Balaban J connectivity index is 2.24. The summed E-state index contributed by atoms with van der Waals surface area (Å²) in [4.78, 5) is 0. The van der Waals surface area contributed by atoms with E-state index >= 15 is 0 Å². The van der Waals surface area contributed by atoms with E-state index in [9.17, 15) is 0 Å². The monoisotopic (exact) mass is 225 g/mol. The molecule has 3 heteroatoms. The number of aromatic nitrogens is 3. The lowest BCUT2D eigenvalue weighted by Crippen LogP contribution is -2.01. The molecule has 3 nitrogen and oxygen atoms in total. The highest BCUT2D eigenvalue weighted by molar-refractivity contribution is 5.83. The first-order chi connectivity index (χ1) is 8.29. The molecular formula is C14H15N3. The van der Waals surface area contributed by atoms with Crippen molar-refractivity contribution in [3.8, 4) is 5.82 Å². The molecule has 0 saturated heterocycles. The van der Waals surface area contributed by atoms with Crippen LogP contribution in [0.2, 0.25) is 0 Å². The number of hydrogen-bond acceptors (Lipinski definition) is 1. The molecule has 17 heavy (non-hydrogen) atoms. The van der Waals surface area contributed by atoms with E-state index in [1.807, 2.05) is 16.9 Å². The summed E-state index contributed by atoms with van der Waals surface area (Å²) in [5.74, 6) is 1.10. The maximum Gasteiger partial charge on any atom is 0.134 e. The lowest BCUT2D eigenvalue weighted by atomic mass is 10.1. The molecule has 3 aromatic rings. The molecule has 2 aromatic heterocycles. The van der Waals surface area contributed by atoms with Crippen LogP contribution in [-0.2, 0) is 13.5 Å². The molecule has 2 heterocycles. The van der Waals surface area contributed by atoms with Gasteiger partial charge in [-0.1, -0.05) is 13.0 Å². The third kappa shape index (κ3) is 1.55. The van der Waals surface area contributed by atoms with Gasteiger partial charge in [-0.25, -0.2) is 4.68 Å². The molecule has 0 atom stereocenters.